The van der Waals surface area contributed by atoms with Crippen molar-refractivity contribution in [3.8, 4) is 0 Å². The molecule has 2 aromatic rings. The molecule has 0 aliphatic heterocycles. The third-order valence-corrected chi connectivity index (χ3v) is 2.25. The number of nitrogens with zero attached hydrogens (tertiary/aromatic N) is 3. The minimum absolute atomic E-state index is 0.339. The first-order chi connectivity index (χ1) is 7.26. The average Bonchev–Trinajstić information content (AvgIpc) is 2.68. The van der Waals surface area contributed by atoms with Crippen LogP contribution in [0.4, 0.5) is 0 Å². The molecule has 0 aromatic carbocycles. The van der Waals surface area contributed by atoms with Crippen LogP contribution in [0.2, 0.25) is 5.15 Å². The van der Waals surface area contributed by atoms with E-state index in [0.717, 1.165) is 11.7 Å². The summed E-state index contributed by atoms with van der Waals surface area (Å²) < 4.78 is 1.59. The summed E-state index contributed by atoms with van der Waals surface area (Å²) in [5, 5.41) is 11.5. The minimum atomic E-state index is 0.339. The highest BCUT2D eigenvalue weighted by Crippen LogP contribution is 2.17. The van der Waals surface area contributed by atoms with Crippen LogP contribution in [-0.4, -0.2) is 20.8 Å². The topological polar surface area (TPSA) is 80.1 Å². The number of aromatic nitrogens is 3. The van der Waals surface area contributed by atoms with Crippen LogP contribution in [0, 0.1) is 5.41 Å². The van der Waals surface area contributed by atoms with E-state index in [4.69, 9.17) is 22.7 Å². The molecule has 0 spiro atoms. The zero-order chi connectivity index (χ0) is 10.8. The summed E-state index contributed by atoms with van der Waals surface area (Å²) in [7, 11) is 0. The van der Waals surface area contributed by atoms with Crippen LogP contribution < -0.4 is 5.73 Å². The van der Waals surface area contributed by atoms with Gasteiger partial charge in [-0.1, -0.05) is 11.6 Å². The fourth-order valence-electron chi connectivity index (χ4n) is 1.23. The highest BCUT2D eigenvalue weighted by molar-refractivity contribution is 6.32. The van der Waals surface area contributed by atoms with E-state index in [1.807, 2.05) is 0 Å². The van der Waals surface area contributed by atoms with E-state index >= 15 is 0 Å². The van der Waals surface area contributed by atoms with E-state index in [-0.39, 0.29) is 0 Å². The van der Waals surface area contributed by atoms with Gasteiger partial charge >= 0.3 is 0 Å². The van der Waals surface area contributed by atoms with Gasteiger partial charge in [-0.25, -0.2) is 9.50 Å². The Hall–Kier alpha value is -1.88. The van der Waals surface area contributed by atoms with Gasteiger partial charge in [-0.3, -0.25) is 0 Å². The maximum atomic E-state index is 7.15. The number of allylic oxidation sites excluding steroid dienone is 1. The fraction of sp³-hybridized carbons (Fsp3) is 0. The first kappa shape index (κ1) is 9.67. The summed E-state index contributed by atoms with van der Waals surface area (Å²) in [5.41, 5.74) is 7.10. The Balaban J connectivity index is 2.68. The van der Waals surface area contributed by atoms with E-state index in [1.54, 1.807) is 23.0 Å². The van der Waals surface area contributed by atoms with Crippen molar-refractivity contribution in [1.82, 2.24) is 14.6 Å². The summed E-state index contributed by atoms with van der Waals surface area (Å²) >= 11 is 5.95. The maximum absolute atomic E-state index is 7.15. The van der Waals surface area contributed by atoms with Gasteiger partial charge in [-0.2, -0.15) is 5.10 Å². The molecule has 76 valence electrons. The first-order valence-corrected chi connectivity index (χ1v) is 4.56. The van der Waals surface area contributed by atoms with Crippen molar-refractivity contribution in [3.05, 3.63) is 35.5 Å². The highest BCUT2D eigenvalue weighted by atomic mass is 35.5. The summed E-state index contributed by atoms with van der Waals surface area (Å²) in [6.45, 7) is 0. The van der Waals surface area contributed by atoms with Crippen molar-refractivity contribution in [1.29, 1.82) is 5.41 Å². The van der Waals surface area contributed by atoms with Crippen LogP contribution in [-0.2, 0) is 0 Å². The van der Waals surface area contributed by atoms with Gasteiger partial charge < -0.3 is 11.1 Å². The van der Waals surface area contributed by atoms with Crippen molar-refractivity contribution in [2.45, 2.75) is 0 Å². The van der Waals surface area contributed by atoms with E-state index in [2.05, 4.69) is 10.1 Å². The lowest BCUT2D eigenvalue weighted by atomic mass is 10.2. The van der Waals surface area contributed by atoms with Crippen LogP contribution in [0.5, 0.6) is 0 Å². The Morgan fingerprint density at radius 2 is 2.40 bits per heavy atom. The third-order valence-electron chi connectivity index (χ3n) is 1.98. The van der Waals surface area contributed by atoms with E-state index in [0.29, 0.717) is 16.4 Å². The lowest BCUT2D eigenvalue weighted by Gasteiger charge is -2.02. The van der Waals surface area contributed by atoms with Crippen molar-refractivity contribution in [3.63, 3.8) is 0 Å². The number of nitrogens with one attached hydrogen (secondary N) is 1. The van der Waals surface area contributed by atoms with Gasteiger partial charge in [-0.15, -0.1) is 0 Å². The molecule has 0 aliphatic rings. The molecule has 0 amide bonds. The molecular formula is C9H8ClN5. The highest BCUT2D eigenvalue weighted by Gasteiger charge is 2.06. The number of rotatable bonds is 2. The van der Waals surface area contributed by atoms with Crippen molar-refractivity contribution < 1.29 is 0 Å². The number of fused-ring (bicyclic) bond motifs is 1. The standard InChI is InChI=1S/C9H8ClN5/c10-9-8-1-2-13-15(8)5-7(14-9)6(3-11)4-12/h1-5,11H,12H2/b6-4+,11-3?. The SMILES string of the molecule is N=C/C(=C\N)c1cn2nccc2c(Cl)n1. The van der Waals surface area contributed by atoms with E-state index in [1.165, 1.54) is 6.20 Å². The molecule has 15 heavy (non-hydrogen) atoms. The molecule has 6 heteroatoms. The van der Waals surface area contributed by atoms with Crippen LogP contribution in [0.1, 0.15) is 5.69 Å². The fourth-order valence-corrected chi connectivity index (χ4v) is 1.48. The number of nitrogens with two attached hydrogens (primary N) is 1. The molecule has 2 rings (SSSR count). The molecule has 2 heterocycles. The van der Waals surface area contributed by atoms with Gasteiger partial charge in [-0.05, 0) is 6.07 Å². The van der Waals surface area contributed by atoms with Crippen molar-refractivity contribution in [2.24, 2.45) is 5.73 Å². The normalized spacial score (nSPS) is 11.9. The second-order valence-electron chi connectivity index (χ2n) is 2.84. The van der Waals surface area contributed by atoms with Crippen molar-refractivity contribution >= 4 is 28.9 Å². The third kappa shape index (κ3) is 1.57. The van der Waals surface area contributed by atoms with E-state index < -0.39 is 0 Å². The quantitative estimate of drug-likeness (QED) is 0.751. The Labute approximate surface area is 90.7 Å². The zero-order valence-electron chi connectivity index (χ0n) is 7.68. The number of hydrogen-bond acceptors (Lipinski definition) is 4. The second-order valence-corrected chi connectivity index (χ2v) is 3.20. The predicted molar refractivity (Wildman–Crippen MR) is 58.9 cm³/mol. The Morgan fingerprint density at radius 1 is 1.60 bits per heavy atom. The van der Waals surface area contributed by atoms with Crippen molar-refractivity contribution in [2.75, 3.05) is 0 Å². The molecule has 0 saturated carbocycles. The summed E-state index contributed by atoms with van der Waals surface area (Å²) in [6, 6.07) is 1.76. The Bertz CT molecular complexity index is 542. The largest absolute Gasteiger partial charge is 0.404 e. The van der Waals surface area contributed by atoms with Gasteiger partial charge in [0.05, 0.1) is 18.1 Å². The molecule has 0 aliphatic carbocycles. The summed E-state index contributed by atoms with van der Waals surface area (Å²) in [4.78, 5) is 4.12. The van der Waals surface area contributed by atoms with Gasteiger partial charge in [0, 0.05) is 18.0 Å². The molecule has 0 fully saturated rings. The molecular weight excluding hydrogens is 214 g/mol. The average molecular weight is 222 g/mol. The Kier molecular flexibility index (Phi) is 2.39. The molecule has 3 N–H and O–H groups in total. The molecule has 2 aromatic heterocycles. The van der Waals surface area contributed by atoms with Gasteiger partial charge in [0.1, 0.15) is 5.52 Å². The molecule has 0 unspecified atom stereocenters. The van der Waals surface area contributed by atoms with Gasteiger partial charge in [0.25, 0.3) is 0 Å². The molecule has 5 nitrogen and oxygen atoms in total. The molecule has 0 atom stereocenters. The van der Waals surface area contributed by atoms with Gasteiger partial charge in [0.2, 0.25) is 0 Å². The van der Waals surface area contributed by atoms with Crippen LogP contribution in [0.3, 0.4) is 0 Å². The number of halogens is 1. The minimum Gasteiger partial charge on any atom is -0.404 e. The summed E-state index contributed by atoms with van der Waals surface area (Å²) in [5.74, 6) is 0. The monoisotopic (exact) mass is 221 g/mol. The van der Waals surface area contributed by atoms with Gasteiger partial charge in [0.15, 0.2) is 5.15 Å². The smallest absolute Gasteiger partial charge is 0.155 e. The summed E-state index contributed by atoms with van der Waals surface area (Å²) in [6.07, 6.45) is 5.73. The lowest BCUT2D eigenvalue weighted by Crippen LogP contribution is -1.99. The maximum Gasteiger partial charge on any atom is 0.155 e. The lowest BCUT2D eigenvalue weighted by molar-refractivity contribution is 0.940. The van der Waals surface area contributed by atoms with Crippen LogP contribution >= 0.6 is 11.6 Å². The predicted octanol–water partition coefficient (Wildman–Crippen LogP) is 1.33. The molecule has 0 bridgehead atoms. The van der Waals surface area contributed by atoms with Crippen LogP contribution in [0.15, 0.2) is 24.7 Å². The second kappa shape index (κ2) is 3.70. The molecule has 0 radical (unpaired) electrons. The van der Waals surface area contributed by atoms with E-state index in [9.17, 15) is 0 Å². The van der Waals surface area contributed by atoms with Crippen LogP contribution in [0.25, 0.3) is 11.1 Å². The molecule has 0 saturated heterocycles. The zero-order valence-corrected chi connectivity index (χ0v) is 8.44. The Morgan fingerprint density at radius 3 is 3.07 bits per heavy atom. The number of hydrogen-bond donors (Lipinski definition) is 2. The first-order valence-electron chi connectivity index (χ1n) is 4.19.